The first-order valence-electron chi connectivity index (χ1n) is 6.47. The third-order valence-electron chi connectivity index (χ3n) is 3.84. The van der Waals surface area contributed by atoms with Crippen molar-refractivity contribution >= 4 is 27.2 Å². The van der Waals surface area contributed by atoms with E-state index in [9.17, 15) is 4.79 Å². The number of hydrogen-bond acceptors (Lipinski definition) is 3. The molecule has 2 heterocycles. The van der Waals surface area contributed by atoms with E-state index in [1.54, 1.807) is 11.3 Å². The Balaban J connectivity index is 2.03. The Bertz CT molecular complexity index is 581. The van der Waals surface area contributed by atoms with Gasteiger partial charge in [0.05, 0.1) is 5.54 Å². The second kappa shape index (κ2) is 4.48. The molecule has 1 fully saturated rings. The maximum atomic E-state index is 12.8. The smallest absolute Gasteiger partial charge is 0.184 e. The first-order chi connectivity index (χ1) is 8.71. The van der Waals surface area contributed by atoms with Crippen molar-refractivity contribution in [1.82, 2.24) is 5.32 Å². The molecule has 0 amide bonds. The highest BCUT2D eigenvalue weighted by atomic mass is 32.1. The number of benzene rings is 1. The molecule has 1 aromatic carbocycles. The predicted molar refractivity (Wildman–Crippen MR) is 76.4 cm³/mol. The minimum atomic E-state index is -0.378. The molecule has 1 N–H and O–H groups in total. The van der Waals surface area contributed by atoms with E-state index >= 15 is 0 Å². The molecule has 1 atom stereocenters. The molecule has 0 aliphatic carbocycles. The Labute approximate surface area is 111 Å². The van der Waals surface area contributed by atoms with Gasteiger partial charge < -0.3 is 5.32 Å². The molecule has 3 heteroatoms. The van der Waals surface area contributed by atoms with Crippen molar-refractivity contribution in [2.24, 2.45) is 0 Å². The molecule has 18 heavy (non-hydrogen) atoms. The van der Waals surface area contributed by atoms with Gasteiger partial charge in [-0.2, -0.15) is 0 Å². The lowest BCUT2D eigenvalue weighted by molar-refractivity contribution is 0.0837. The van der Waals surface area contributed by atoms with Crippen molar-refractivity contribution in [2.75, 3.05) is 6.54 Å². The van der Waals surface area contributed by atoms with E-state index in [2.05, 4.69) is 22.8 Å². The molecule has 1 aliphatic heterocycles. The molecular formula is C15H17NOS. The highest BCUT2D eigenvalue weighted by Gasteiger charge is 2.35. The second-order valence-electron chi connectivity index (χ2n) is 5.19. The van der Waals surface area contributed by atoms with Crippen molar-refractivity contribution in [1.29, 1.82) is 0 Å². The van der Waals surface area contributed by atoms with Crippen molar-refractivity contribution < 1.29 is 4.79 Å². The maximum absolute atomic E-state index is 12.8. The topological polar surface area (TPSA) is 29.1 Å². The number of thiophene rings is 1. The van der Waals surface area contributed by atoms with Gasteiger partial charge in [0, 0.05) is 10.3 Å². The Morgan fingerprint density at radius 3 is 3.00 bits per heavy atom. The normalized spacial score (nSPS) is 24.3. The van der Waals surface area contributed by atoms with E-state index in [0.29, 0.717) is 0 Å². The Hall–Kier alpha value is -1.19. The molecule has 1 saturated heterocycles. The summed E-state index contributed by atoms with van der Waals surface area (Å²) in [6.45, 7) is 2.99. The summed E-state index contributed by atoms with van der Waals surface area (Å²) in [5.41, 5.74) is 0.496. The van der Waals surface area contributed by atoms with Crippen LogP contribution in [-0.2, 0) is 0 Å². The van der Waals surface area contributed by atoms with Crippen LogP contribution in [0.1, 0.15) is 36.5 Å². The van der Waals surface area contributed by atoms with E-state index in [4.69, 9.17) is 0 Å². The van der Waals surface area contributed by atoms with Crippen LogP contribution in [0.4, 0.5) is 0 Å². The Morgan fingerprint density at radius 1 is 1.33 bits per heavy atom. The number of Topliss-reactive ketones (excluding diaryl/α,β-unsaturated/α-hetero) is 1. The number of nitrogens with one attached hydrogen (secondary N) is 1. The number of piperidine rings is 1. The quantitative estimate of drug-likeness (QED) is 0.835. The lowest BCUT2D eigenvalue weighted by Crippen LogP contribution is -2.52. The van der Waals surface area contributed by atoms with Gasteiger partial charge in [0.25, 0.3) is 0 Å². The van der Waals surface area contributed by atoms with E-state index in [-0.39, 0.29) is 11.3 Å². The Kier molecular flexibility index (Phi) is 2.96. The number of carbonyl (C=O) groups excluding carboxylic acids is 1. The summed E-state index contributed by atoms with van der Waals surface area (Å²) < 4.78 is 1.12. The standard InChI is InChI=1S/C15H17NOS/c1-15(8-2-3-9-16-15)14(17)12-6-4-5-11-7-10-18-13(11)12/h4-7,10,16H,2-3,8-9H2,1H3. The van der Waals surface area contributed by atoms with Gasteiger partial charge in [0.2, 0.25) is 0 Å². The zero-order chi connectivity index (χ0) is 12.6. The summed E-state index contributed by atoms with van der Waals surface area (Å²) >= 11 is 1.66. The van der Waals surface area contributed by atoms with Crippen LogP contribution in [0.2, 0.25) is 0 Å². The molecule has 94 valence electrons. The largest absolute Gasteiger partial charge is 0.305 e. The summed E-state index contributed by atoms with van der Waals surface area (Å²) in [5.74, 6) is 0.246. The van der Waals surface area contributed by atoms with Gasteiger partial charge in [-0.05, 0) is 55.6 Å². The lowest BCUT2D eigenvalue weighted by Gasteiger charge is -2.33. The number of rotatable bonds is 2. The van der Waals surface area contributed by atoms with Crippen molar-refractivity contribution in [3.05, 3.63) is 35.2 Å². The van der Waals surface area contributed by atoms with Gasteiger partial charge >= 0.3 is 0 Å². The van der Waals surface area contributed by atoms with Crippen LogP contribution in [0.5, 0.6) is 0 Å². The molecule has 1 aliphatic rings. The fourth-order valence-corrected chi connectivity index (χ4v) is 3.63. The van der Waals surface area contributed by atoms with Gasteiger partial charge in [-0.15, -0.1) is 11.3 Å². The van der Waals surface area contributed by atoms with Crippen LogP contribution in [0.15, 0.2) is 29.6 Å². The van der Waals surface area contributed by atoms with E-state index in [1.165, 1.54) is 11.8 Å². The van der Waals surface area contributed by atoms with Crippen LogP contribution in [0, 0.1) is 0 Å². The average Bonchev–Trinajstić information content (AvgIpc) is 2.87. The molecule has 1 unspecified atom stereocenters. The maximum Gasteiger partial charge on any atom is 0.184 e. The van der Waals surface area contributed by atoms with Gasteiger partial charge in [-0.1, -0.05) is 12.1 Å². The van der Waals surface area contributed by atoms with E-state index < -0.39 is 0 Å². The molecular weight excluding hydrogens is 242 g/mol. The molecule has 1 aromatic heterocycles. The molecule has 2 nitrogen and oxygen atoms in total. The van der Waals surface area contributed by atoms with Crippen molar-refractivity contribution in [3.8, 4) is 0 Å². The third kappa shape index (κ3) is 1.88. The van der Waals surface area contributed by atoms with Crippen LogP contribution >= 0.6 is 11.3 Å². The SMILES string of the molecule is CC1(C(=O)c2cccc3ccsc23)CCCCN1. The first kappa shape index (κ1) is 11.9. The van der Waals surface area contributed by atoms with E-state index in [1.807, 2.05) is 19.1 Å². The zero-order valence-corrected chi connectivity index (χ0v) is 11.3. The highest BCUT2D eigenvalue weighted by molar-refractivity contribution is 7.17. The number of ketones is 1. The molecule has 3 rings (SSSR count). The molecule has 0 spiro atoms. The van der Waals surface area contributed by atoms with Gasteiger partial charge in [-0.25, -0.2) is 0 Å². The molecule has 0 saturated carbocycles. The minimum Gasteiger partial charge on any atom is -0.305 e. The fourth-order valence-electron chi connectivity index (χ4n) is 2.72. The summed E-state index contributed by atoms with van der Waals surface area (Å²) in [7, 11) is 0. The highest BCUT2D eigenvalue weighted by Crippen LogP contribution is 2.30. The van der Waals surface area contributed by atoms with Crippen molar-refractivity contribution in [2.45, 2.75) is 31.7 Å². The van der Waals surface area contributed by atoms with Gasteiger partial charge in [0.15, 0.2) is 5.78 Å². The monoisotopic (exact) mass is 259 g/mol. The van der Waals surface area contributed by atoms with Crippen LogP contribution < -0.4 is 5.32 Å². The number of carbonyl (C=O) groups is 1. The summed E-state index contributed by atoms with van der Waals surface area (Å²) in [4.78, 5) is 12.8. The third-order valence-corrected chi connectivity index (χ3v) is 4.81. The van der Waals surface area contributed by atoms with E-state index in [0.717, 1.165) is 29.6 Å². The summed E-state index contributed by atoms with van der Waals surface area (Å²) in [6, 6.07) is 8.09. The first-order valence-corrected chi connectivity index (χ1v) is 7.35. The molecule has 2 aromatic rings. The number of hydrogen-bond donors (Lipinski definition) is 1. The predicted octanol–water partition coefficient (Wildman–Crippen LogP) is 3.62. The summed E-state index contributed by atoms with van der Waals surface area (Å²) in [5, 5.41) is 6.63. The zero-order valence-electron chi connectivity index (χ0n) is 10.5. The van der Waals surface area contributed by atoms with Crippen LogP contribution in [-0.4, -0.2) is 17.9 Å². The second-order valence-corrected chi connectivity index (χ2v) is 6.11. The van der Waals surface area contributed by atoms with Crippen LogP contribution in [0.25, 0.3) is 10.1 Å². The summed E-state index contributed by atoms with van der Waals surface area (Å²) in [6.07, 6.45) is 3.25. The molecule has 0 radical (unpaired) electrons. The molecule has 0 bridgehead atoms. The average molecular weight is 259 g/mol. The minimum absolute atomic E-state index is 0.246. The van der Waals surface area contributed by atoms with Gasteiger partial charge in [-0.3, -0.25) is 4.79 Å². The Morgan fingerprint density at radius 2 is 2.22 bits per heavy atom. The van der Waals surface area contributed by atoms with Crippen LogP contribution in [0.3, 0.4) is 0 Å². The van der Waals surface area contributed by atoms with Gasteiger partial charge in [0.1, 0.15) is 0 Å². The lowest BCUT2D eigenvalue weighted by atomic mass is 9.83. The fraction of sp³-hybridized carbons (Fsp3) is 0.400. The number of fused-ring (bicyclic) bond motifs is 1. The van der Waals surface area contributed by atoms with Crippen molar-refractivity contribution in [3.63, 3.8) is 0 Å².